The van der Waals surface area contributed by atoms with E-state index in [-0.39, 0.29) is 5.56 Å². The first kappa shape index (κ1) is 12.4. The number of rotatable bonds is 1. The van der Waals surface area contributed by atoms with Gasteiger partial charge in [0.2, 0.25) is 0 Å². The Bertz CT molecular complexity index is 1230. The zero-order valence-electron chi connectivity index (χ0n) is 12.2. The van der Waals surface area contributed by atoms with E-state index >= 15 is 0 Å². The van der Waals surface area contributed by atoms with E-state index in [2.05, 4.69) is 11.1 Å². The minimum absolute atomic E-state index is 0.0124. The van der Waals surface area contributed by atoms with Crippen molar-refractivity contribution in [2.45, 2.75) is 0 Å². The van der Waals surface area contributed by atoms with Crippen LogP contribution in [0.5, 0.6) is 0 Å². The zero-order valence-corrected chi connectivity index (χ0v) is 12.2. The maximum absolute atomic E-state index is 12.5. The molecule has 3 heterocycles. The van der Waals surface area contributed by atoms with E-state index < -0.39 is 0 Å². The van der Waals surface area contributed by atoms with Gasteiger partial charge in [-0.1, -0.05) is 42.5 Å². The zero-order chi connectivity index (χ0) is 15.4. The van der Waals surface area contributed by atoms with E-state index in [1.807, 2.05) is 54.6 Å². The Hall–Kier alpha value is -3.20. The molecule has 0 bridgehead atoms. The summed E-state index contributed by atoms with van der Waals surface area (Å²) < 4.78 is 1.80. The molecule has 0 aliphatic rings. The molecule has 0 saturated heterocycles. The second kappa shape index (κ2) is 4.40. The minimum Gasteiger partial charge on any atom is -0.276 e. The standard InChI is InChI=1S/C20H12N2O/c23-18-10-9-14-5-1-6-15-12-17(22(18)20(14)15)16-8-2-4-13-7-3-11-21-19(13)16/h1-12H. The normalized spacial score (nSPS) is 11.7. The second-order valence-corrected chi connectivity index (χ2v) is 5.70. The van der Waals surface area contributed by atoms with Crippen LogP contribution in [0.3, 0.4) is 0 Å². The van der Waals surface area contributed by atoms with E-state index in [0.29, 0.717) is 0 Å². The maximum atomic E-state index is 12.5. The smallest absolute Gasteiger partial charge is 0.255 e. The summed E-state index contributed by atoms with van der Waals surface area (Å²) in [6.07, 6.45) is 1.79. The Morgan fingerprint density at radius 3 is 2.52 bits per heavy atom. The highest BCUT2D eigenvalue weighted by molar-refractivity contribution is 6.02. The number of hydrogen-bond donors (Lipinski definition) is 0. The first-order valence-electron chi connectivity index (χ1n) is 7.54. The van der Waals surface area contributed by atoms with E-state index in [0.717, 1.165) is 38.4 Å². The van der Waals surface area contributed by atoms with Gasteiger partial charge in [-0.05, 0) is 23.6 Å². The van der Waals surface area contributed by atoms with Gasteiger partial charge in [-0.3, -0.25) is 14.2 Å². The van der Waals surface area contributed by atoms with Crippen molar-refractivity contribution in [1.29, 1.82) is 0 Å². The average Bonchev–Trinajstić information content (AvgIpc) is 2.99. The van der Waals surface area contributed by atoms with Crippen molar-refractivity contribution in [3.8, 4) is 11.3 Å². The predicted molar refractivity (Wildman–Crippen MR) is 93.1 cm³/mol. The van der Waals surface area contributed by atoms with Crippen LogP contribution in [0.4, 0.5) is 0 Å². The minimum atomic E-state index is -0.0124. The molecule has 0 atom stereocenters. The van der Waals surface area contributed by atoms with Crippen LogP contribution < -0.4 is 5.56 Å². The Balaban J connectivity index is 2.01. The van der Waals surface area contributed by atoms with Gasteiger partial charge in [0.1, 0.15) is 0 Å². The first-order chi connectivity index (χ1) is 11.3. The van der Waals surface area contributed by atoms with Crippen molar-refractivity contribution >= 4 is 27.2 Å². The summed E-state index contributed by atoms with van der Waals surface area (Å²) in [6.45, 7) is 0. The van der Waals surface area contributed by atoms with E-state index in [1.54, 1.807) is 16.7 Å². The highest BCUT2D eigenvalue weighted by Crippen LogP contribution is 2.32. The molecular weight excluding hydrogens is 284 g/mol. The van der Waals surface area contributed by atoms with Crippen molar-refractivity contribution in [2.24, 2.45) is 0 Å². The molecule has 0 saturated carbocycles. The van der Waals surface area contributed by atoms with Crippen LogP contribution in [0.2, 0.25) is 0 Å². The van der Waals surface area contributed by atoms with E-state index in [1.165, 1.54) is 0 Å². The largest absolute Gasteiger partial charge is 0.276 e. The van der Waals surface area contributed by atoms with Crippen LogP contribution in [-0.4, -0.2) is 9.38 Å². The van der Waals surface area contributed by atoms with Crippen molar-refractivity contribution in [3.63, 3.8) is 0 Å². The summed E-state index contributed by atoms with van der Waals surface area (Å²) in [5.41, 5.74) is 3.75. The fourth-order valence-electron chi connectivity index (χ4n) is 3.40. The van der Waals surface area contributed by atoms with Crippen molar-refractivity contribution in [1.82, 2.24) is 9.38 Å². The number of benzene rings is 2. The van der Waals surface area contributed by atoms with Gasteiger partial charge < -0.3 is 0 Å². The highest BCUT2D eigenvalue weighted by Gasteiger charge is 2.14. The van der Waals surface area contributed by atoms with Crippen molar-refractivity contribution in [2.75, 3.05) is 0 Å². The Kier molecular flexibility index (Phi) is 2.36. The van der Waals surface area contributed by atoms with Crippen LogP contribution in [0.25, 0.3) is 38.4 Å². The molecule has 5 rings (SSSR count). The van der Waals surface area contributed by atoms with Crippen LogP contribution in [0.15, 0.2) is 77.7 Å². The Labute approximate surface area is 131 Å². The van der Waals surface area contributed by atoms with Gasteiger partial charge in [-0.15, -0.1) is 0 Å². The Morgan fingerprint density at radius 1 is 0.783 bits per heavy atom. The molecule has 5 aromatic rings. The molecule has 0 aliphatic heterocycles. The van der Waals surface area contributed by atoms with Crippen LogP contribution >= 0.6 is 0 Å². The van der Waals surface area contributed by atoms with Gasteiger partial charge in [-0.2, -0.15) is 0 Å². The van der Waals surface area contributed by atoms with Gasteiger partial charge in [0.15, 0.2) is 0 Å². The third-order valence-electron chi connectivity index (χ3n) is 4.39. The van der Waals surface area contributed by atoms with Crippen LogP contribution in [-0.2, 0) is 0 Å². The SMILES string of the molecule is O=c1ccc2cccc3cc(-c4cccc5cccnc45)n1c23. The third-order valence-corrected chi connectivity index (χ3v) is 4.39. The molecule has 0 fully saturated rings. The molecule has 3 aromatic heterocycles. The summed E-state index contributed by atoms with van der Waals surface area (Å²) in [4.78, 5) is 17.0. The lowest BCUT2D eigenvalue weighted by Gasteiger charge is -2.06. The molecule has 2 aromatic carbocycles. The number of hydrogen-bond acceptors (Lipinski definition) is 2. The molecule has 23 heavy (non-hydrogen) atoms. The molecule has 0 unspecified atom stereocenters. The number of aromatic nitrogens is 2. The number of nitrogens with zero attached hydrogens (tertiary/aromatic N) is 2. The van der Waals surface area contributed by atoms with Gasteiger partial charge in [0.05, 0.1) is 16.7 Å². The van der Waals surface area contributed by atoms with E-state index in [9.17, 15) is 4.79 Å². The molecule has 0 radical (unpaired) electrons. The molecule has 0 spiro atoms. The first-order valence-corrected chi connectivity index (χ1v) is 7.54. The molecule has 0 aliphatic carbocycles. The molecule has 3 heteroatoms. The maximum Gasteiger partial charge on any atom is 0.255 e. The Morgan fingerprint density at radius 2 is 1.57 bits per heavy atom. The lowest BCUT2D eigenvalue weighted by Crippen LogP contribution is -2.11. The van der Waals surface area contributed by atoms with Gasteiger partial charge in [0, 0.05) is 28.6 Å². The molecule has 0 N–H and O–H groups in total. The summed E-state index contributed by atoms with van der Waals surface area (Å²) >= 11 is 0. The van der Waals surface area contributed by atoms with Crippen molar-refractivity contribution in [3.05, 3.63) is 83.3 Å². The van der Waals surface area contributed by atoms with Gasteiger partial charge in [-0.25, -0.2) is 0 Å². The number of para-hydroxylation sites is 2. The van der Waals surface area contributed by atoms with Crippen LogP contribution in [0, 0.1) is 0 Å². The van der Waals surface area contributed by atoms with Gasteiger partial charge >= 0.3 is 0 Å². The molecule has 3 nitrogen and oxygen atoms in total. The van der Waals surface area contributed by atoms with E-state index in [4.69, 9.17) is 0 Å². The summed E-state index contributed by atoms with van der Waals surface area (Å²) in [5, 5.41) is 3.21. The molecule has 0 amide bonds. The molecule has 108 valence electrons. The third kappa shape index (κ3) is 1.64. The van der Waals surface area contributed by atoms with Crippen LogP contribution in [0.1, 0.15) is 0 Å². The molecular formula is C20H12N2O. The quantitative estimate of drug-likeness (QED) is 0.466. The topological polar surface area (TPSA) is 34.4 Å². The fourth-order valence-corrected chi connectivity index (χ4v) is 3.40. The van der Waals surface area contributed by atoms with Gasteiger partial charge in [0.25, 0.3) is 5.56 Å². The number of pyridine rings is 2. The highest BCUT2D eigenvalue weighted by atomic mass is 16.1. The summed E-state index contributed by atoms with van der Waals surface area (Å²) in [5.74, 6) is 0. The average molecular weight is 296 g/mol. The number of fused-ring (bicyclic) bond motifs is 1. The summed E-state index contributed by atoms with van der Waals surface area (Å²) in [6, 6.07) is 21.7. The monoisotopic (exact) mass is 296 g/mol. The fraction of sp³-hybridized carbons (Fsp3) is 0. The second-order valence-electron chi connectivity index (χ2n) is 5.70. The summed E-state index contributed by atoms with van der Waals surface area (Å²) in [7, 11) is 0. The lowest BCUT2D eigenvalue weighted by molar-refractivity contribution is 1.14. The predicted octanol–water partition coefficient (Wildman–Crippen LogP) is 4.11. The van der Waals surface area contributed by atoms with Crippen molar-refractivity contribution < 1.29 is 0 Å². The lowest BCUT2D eigenvalue weighted by atomic mass is 10.1.